The van der Waals surface area contributed by atoms with Crippen LogP contribution >= 0.6 is 0 Å². The van der Waals surface area contributed by atoms with Gasteiger partial charge in [-0.05, 0) is 19.8 Å². The molecule has 0 aromatic carbocycles. The highest BCUT2D eigenvalue weighted by molar-refractivity contribution is 5.36. The maximum Gasteiger partial charge on any atom is 0.219 e. The Hall–Kier alpha value is -1.12. The van der Waals surface area contributed by atoms with Gasteiger partial charge in [-0.3, -0.25) is 0 Å². The van der Waals surface area contributed by atoms with Gasteiger partial charge in [0.15, 0.2) is 0 Å². The van der Waals surface area contributed by atoms with Gasteiger partial charge in [-0.25, -0.2) is 9.97 Å². The number of aromatic nitrogens is 2. The molecule has 0 N–H and O–H groups in total. The summed E-state index contributed by atoms with van der Waals surface area (Å²) in [5, 5.41) is 0. The average molecular weight is 178 g/mol. The van der Waals surface area contributed by atoms with Crippen LogP contribution in [0.25, 0.3) is 0 Å². The quantitative estimate of drug-likeness (QED) is 0.693. The van der Waals surface area contributed by atoms with Gasteiger partial charge in [0.2, 0.25) is 5.88 Å². The van der Waals surface area contributed by atoms with E-state index in [1.807, 2.05) is 6.92 Å². The van der Waals surface area contributed by atoms with E-state index in [0.717, 1.165) is 11.3 Å². The van der Waals surface area contributed by atoms with E-state index in [4.69, 9.17) is 4.74 Å². The zero-order valence-corrected chi connectivity index (χ0v) is 8.29. The summed E-state index contributed by atoms with van der Waals surface area (Å²) in [5.74, 6) is 0.707. The van der Waals surface area contributed by atoms with Crippen molar-refractivity contribution >= 4 is 0 Å². The zero-order chi connectivity index (χ0) is 9.47. The standard InChI is InChI=1S/C10H14N2O/c1-7-8(10(2)4-5-10)11-6-12-9(7)13-3/h6H,4-5H2,1-3H3. The molecule has 3 nitrogen and oxygen atoms in total. The van der Waals surface area contributed by atoms with E-state index in [2.05, 4.69) is 16.9 Å². The van der Waals surface area contributed by atoms with Crippen molar-refractivity contribution < 1.29 is 4.74 Å². The summed E-state index contributed by atoms with van der Waals surface area (Å²) in [6.45, 7) is 4.26. The largest absolute Gasteiger partial charge is 0.481 e. The normalized spacial score (nSPS) is 18.4. The van der Waals surface area contributed by atoms with Gasteiger partial charge in [0, 0.05) is 11.0 Å². The van der Waals surface area contributed by atoms with Crippen LogP contribution in [-0.4, -0.2) is 17.1 Å². The summed E-state index contributed by atoms with van der Waals surface area (Å²) in [6, 6.07) is 0. The predicted molar refractivity (Wildman–Crippen MR) is 49.9 cm³/mol. The molecule has 1 aromatic heterocycles. The Balaban J connectivity index is 2.46. The van der Waals surface area contributed by atoms with Gasteiger partial charge in [-0.1, -0.05) is 6.92 Å². The second kappa shape index (κ2) is 2.69. The highest BCUT2D eigenvalue weighted by atomic mass is 16.5. The maximum atomic E-state index is 5.16. The van der Waals surface area contributed by atoms with Gasteiger partial charge in [0.25, 0.3) is 0 Å². The Kier molecular flexibility index (Phi) is 1.75. The van der Waals surface area contributed by atoms with Gasteiger partial charge in [-0.2, -0.15) is 0 Å². The molecule has 0 spiro atoms. The summed E-state index contributed by atoms with van der Waals surface area (Å²) in [7, 11) is 1.65. The topological polar surface area (TPSA) is 35.0 Å². The minimum absolute atomic E-state index is 0.292. The van der Waals surface area contributed by atoms with Crippen LogP contribution in [0.3, 0.4) is 0 Å². The summed E-state index contributed by atoms with van der Waals surface area (Å²) in [5.41, 5.74) is 2.53. The highest BCUT2D eigenvalue weighted by Crippen LogP contribution is 2.48. The lowest BCUT2D eigenvalue weighted by atomic mass is 10.0. The minimum Gasteiger partial charge on any atom is -0.481 e. The van der Waals surface area contributed by atoms with E-state index in [-0.39, 0.29) is 0 Å². The first-order valence-corrected chi connectivity index (χ1v) is 4.53. The fourth-order valence-corrected chi connectivity index (χ4v) is 1.67. The molecule has 0 atom stereocenters. The molecule has 0 bridgehead atoms. The van der Waals surface area contributed by atoms with Gasteiger partial charge in [-0.15, -0.1) is 0 Å². The fourth-order valence-electron chi connectivity index (χ4n) is 1.67. The minimum atomic E-state index is 0.292. The molecule has 13 heavy (non-hydrogen) atoms. The molecule has 0 unspecified atom stereocenters. The lowest BCUT2D eigenvalue weighted by Gasteiger charge is -2.12. The molecular formula is C10H14N2O. The Labute approximate surface area is 78.2 Å². The van der Waals surface area contributed by atoms with Gasteiger partial charge >= 0.3 is 0 Å². The Morgan fingerprint density at radius 1 is 1.38 bits per heavy atom. The Morgan fingerprint density at radius 3 is 2.62 bits per heavy atom. The SMILES string of the molecule is COc1ncnc(C2(C)CC2)c1C. The van der Waals surface area contributed by atoms with Crippen molar-refractivity contribution in [2.75, 3.05) is 7.11 Å². The first-order valence-electron chi connectivity index (χ1n) is 4.53. The predicted octanol–water partition coefficient (Wildman–Crippen LogP) is 1.85. The lowest BCUT2D eigenvalue weighted by Crippen LogP contribution is -2.08. The number of methoxy groups -OCH3 is 1. The maximum absolute atomic E-state index is 5.16. The van der Waals surface area contributed by atoms with Crippen LogP contribution < -0.4 is 4.74 Å². The van der Waals surface area contributed by atoms with E-state index in [1.165, 1.54) is 12.8 Å². The number of hydrogen-bond donors (Lipinski definition) is 0. The Morgan fingerprint density at radius 2 is 2.08 bits per heavy atom. The molecule has 70 valence electrons. The van der Waals surface area contributed by atoms with Crippen molar-refractivity contribution in [1.29, 1.82) is 0 Å². The van der Waals surface area contributed by atoms with Gasteiger partial charge in [0.1, 0.15) is 6.33 Å². The van der Waals surface area contributed by atoms with Crippen molar-refractivity contribution in [2.45, 2.75) is 32.1 Å². The molecule has 1 fully saturated rings. The van der Waals surface area contributed by atoms with E-state index in [1.54, 1.807) is 13.4 Å². The molecular weight excluding hydrogens is 164 g/mol. The monoisotopic (exact) mass is 178 g/mol. The van der Waals surface area contributed by atoms with Crippen LogP contribution in [0.15, 0.2) is 6.33 Å². The number of ether oxygens (including phenoxy) is 1. The van der Waals surface area contributed by atoms with E-state index in [0.29, 0.717) is 11.3 Å². The van der Waals surface area contributed by atoms with E-state index < -0.39 is 0 Å². The summed E-state index contributed by atoms with van der Waals surface area (Å²) in [6.07, 6.45) is 4.05. The van der Waals surface area contributed by atoms with Gasteiger partial charge in [0.05, 0.1) is 12.8 Å². The molecule has 2 rings (SSSR count). The third-order valence-electron chi connectivity index (χ3n) is 2.80. The molecule has 1 aromatic rings. The van der Waals surface area contributed by atoms with Crippen molar-refractivity contribution in [3.63, 3.8) is 0 Å². The molecule has 0 saturated heterocycles. The third kappa shape index (κ3) is 1.28. The second-order valence-electron chi connectivity index (χ2n) is 3.92. The summed E-state index contributed by atoms with van der Waals surface area (Å²) >= 11 is 0. The third-order valence-corrected chi connectivity index (χ3v) is 2.80. The molecule has 0 amide bonds. The summed E-state index contributed by atoms with van der Waals surface area (Å²) < 4.78 is 5.16. The summed E-state index contributed by atoms with van der Waals surface area (Å²) in [4.78, 5) is 8.39. The highest BCUT2D eigenvalue weighted by Gasteiger charge is 2.42. The second-order valence-corrected chi connectivity index (χ2v) is 3.92. The van der Waals surface area contributed by atoms with Crippen molar-refractivity contribution in [3.05, 3.63) is 17.6 Å². The van der Waals surface area contributed by atoms with Crippen LogP contribution in [0.2, 0.25) is 0 Å². The lowest BCUT2D eigenvalue weighted by molar-refractivity contribution is 0.391. The molecule has 0 aliphatic heterocycles. The Bertz CT molecular complexity index is 332. The molecule has 1 aliphatic carbocycles. The zero-order valence-electron chi connectivity index (χ0n) is 8.29. The van der Waals surface area contributed by atoms with E-state index >= 15 is 0 Å². The molecule has 1 aliphatic rings. The molecule has 1 heterocycles. The molecule has 3 heteroatoms. The number of nitrogens with zero attached hydrogens (tertiary/aromatic N) is 2. The van der Waals surface area contributed by atoms with Crippen LogP contribution in [0.5, 0.6) is 5.88 Å². The average Bonchev–Trinajstić information content (AvgIpc) is 2.85. The van der Waals surface area contributed by atoms with Crippen LogP contribution in [0.4, 0.5) is 0 Å². The smallest absolute Gasteiger partial charge is 0.219 e. The van der Waals surface area contributed by atoms with Gasteiger partial charge < -0.3 is 4.74 Å². The van der Waals surface area contributed by atoms with Crippen LogP contribution in [0.1, 0.15) is 31.0 Å². The van der Waals surface area contributed by atoms with Crippen molar-refractivity contribution in [1.82, 2.24) is 9.97 Å². The van der Waals surface area contributed by atoms with Crippen molar-refractivity contribution in [3.8, 4) is 5.88 Å². The fraction of sp³-hybridized carbons (Fsp3) is 0.600. The molecule has 1 saturated carbocycles. The van der Waals surface area contributed by atoms with Crippen molar-refractivity contribution in [2.24, 2.45) is 0 Å². The molecule has 0 radical (unpaired) electrons. The first-order chi connectivity index (χ1) is 6.17. The number of rotatable bonds is 2. The van der Waals surface area contributed by atoms with Crippen LogP contribution in [0, 0.1) is 6.92 Å². The van der Waals surface area contributed by atoms with E-state index in [9.17, 15) is 0 Å². The first kappa shape index (κ1) is 8.48. The van der Waals surface area contributed by atoms with Crippen LogP contribution in [-0.2, 0) is 5.41 Å². The number of hydrogen-bond acceptors (Lipinski definition) is 3.